The zero-order valence-electron chi connectivity index (χ0n) is 11.3. The number of aromatic nitrogens is 1. The molecule has 1 atom stereocenters. The largest absolute Gasteiger partial charge is 0.456 e. The number of para-hydroxylation sites is 1. The summed E-state index contributed by atoms with van der Waals surface area (Å²) in [7, 11) is 0. The predicted molar refractivity (Wildman–Crippen MR) is 78.8 cm³/mol. The van der Waals surface area contributed by atoms with E-state index in [1.807, 2.05) is 34.9 Å². The molecule has 3 rings (SSSR count). The Bertz CT molecular complexity index is 639. The molecule has 0 saturated carbocycles. The molecular weight excluding hydrogens is 252 g/mol. The Balaban J connectivity index is 1.94. The maximum Gasteiger partial charge on any atom is 0.355 e. The van der Waals surface area contributed by atoms with Crippen molar-refractivity contribution in [3.8, 4) is 0 Å². The van der Waals surface area contributed by atoms with Gasteiger partial charge in [0.25, 0.3) is 0 Å². The van der Waals surface area contributed by atoms with Crippen molar-refractivity contribution < 1.29 is 9.53 Å². The molecule has 1 saturated heterocycles. The van der Waals surface area contributed by atoms with Crippen LogP contribution in [0.5, 0.6) is 0 Å². The van der Waals surface area contributed by atoms with Crippen molar-refractivity contribution in [1.82, 2.24) is 9.88 Å². The molecule has 1 unspecified atom stereocenters. The summed E-state index contributed by atoms with van der Waals surface area (Å²) in [6, 6.07) is 9.84. The molecule has 2 aromatic rings. The van der Waals surface area contributed by atoms with Gasteiger partial charge in [0, 0.05) is 24.0 Å². The fraction of sp³-hybridized carbons (Fsp3) is 0.312. The van der Waals surface area contributed by atoms with Gasteiger partial charge in [0.2, 0.25) is 0 Å². The minimum atomic E-state index is -0.253. The number of fused-ring (bicyclic) bond motifs is 1. The van der Waals surface area contributed by atoms with Crippen LogP contribution in [0, 0.1) is 0 Å². The van der Waals surface area contributed by atoms with E-state index in [1.54, 1.807) is 6.08 Å². The van der Waals surface area contributed by atoms with Gasteiger partial charge < -0.3 is 14.6 Å². The molecular formula is C16H18N2O2. The molecule has 0 aliphatic carbocycles. The Morgan fingerprint density at radius 3 is 3.10 bits per heavy atom. The zero-order chi connectivity index (χ0) is 13.9. The molecule has 0 amide bonds. The number of allylic oxidation sites excluding steroid dienone is 1. The number of ether oxygens (including phenoxy) is 1. The van der Waals surface area contributed by atoms with Crippen LogP contribution in [0.25, 0.3) is 10.9 Å². The summed E-state index contributed by atoms with van der Waals surface area (Å²) >= 11 is 0. The van der Waals surface area contributed by atoms with Gasteiger partial charge in [0.05, 0.1) is 0 Å². The van der Waals surface area contributed by atoms with E-state index in [0.29, 0.717) is 12.2 Å². The van der Waals surface area contributed by atoms with Crippen molar-refractivity contribution in [2.75, 3.05) is 13.1 Å². The number of carbonyl (C=O) groups excluding carboxylic acids is 1. The minimum absolute atomic E-state index is 0.0160. The van der Waals surface area contributed by atoms with Gasteiger partial charge in [-0.2, -0.15) is 0 Å². The van der Waals surface area contributed by atoms with E-state index in [9.17, 15) is 4.79 Å². The van der Waals surface area contributed by atoms with Crippen LogP contribution in [0.4, 0.5) is 0 Å². The molecule has 1 aliphatic rings. The number of nitrogens with one attached hydrogen (secondary N) is 1. The summed E-state index contributed by atoms with van der Waals surface area (Å²) in [6.45, 7) is 6.02. The van der Waals surface area contributed by atoms with E-state index >= 15 is 0 Å². The molecule has 104 valence electrons. The van der Waals surface area contributed by atoms with E-state index in [2.05, 4.69) is 11.9 Å². The van der Waals surface area contributed by atoms with E-state index in [1.165, 1.54) is 0 Å². The van der Waals surface area contributed by atoms with Crippen molar-refractivity contribution in [1.29, 1.82) is 0 Å². The smallest absolute Gasteiger partial charge is 0.355 e. The first-order valence-corrected chi connectivity index (χ1v) is 6.90. The molecule has 20 heavy (non-hydrogen) atoms. The van der Waals surface area contributed by atoms with E-state index in [-0.39, 0.29) is 12.1 Å². The third-order valence-electron chi connectivity index (χ3n) is 3.62. The van der Waals surface area contributed by atoms with Crippen LogP contribution >= 0.6 is 0 Å². The Morgan fingerprint density at radius 1 is 1.50 bits per heavy atom. The highest BCUT2D eigenvalue weighted by molar-refractivity contribution is 5.95. The lowest BCUT2D eigenvalue weighted by molar-refractivity contribution is 0.0333. The molecule has 0 radical (unpaired) electrons. The van der Waals surface area contributed by atoms with Gasteiger partial charge in [0.15, 0.2) is 0 Å². The quantitative estimate of drug-likeness (QED) is 0.685. The Morgan fingerprint density at radius 2 is 2.35 bits per heavy atom. The second kappa shape index (κ2) is 5.51. The van der Waals surface area contributed by atoms with Crippen molar-refractivity contribution in [2.24, 2.45) is 0 Å². The first kappa shape index (κ1) is 12.9. The Labute approximate surface area is 118 Å². The minimum Gasteiger partial charge on any atom is -0.456 e. The first-order chi connectivity index (χ1) is 9.79. The summed E-state index contributed by atoms with van der Waals surface area (Å²) in [6.07, 6.45) is 2.66. The highest BCUT2D eigenvalue weighted by Gasteiger charge is 2.22. The molecule has 1 aromatic heterocycles. The molecule has 4 heteroatoms. The third-order valence-corrected chi connectivity index (χ3v) is 3.62. The van der Waals surface area contributed by atoms with Crippen molar-refractivity contribution in [2.45, 2.75) is 19.1 Å². The van der Waals surface area contributed by atoms with E-state index in [0.717, 1.165) is 30.4 Å². The van der Waals surface area contributed by atoms with Crippen LogP contribution in [0.1, 0.15) is 16.9 Å². The Kier molecular flexibility index (Phi) is 3.56. The topological polar surface area (TPSA) is 43.3 Å². The van der Waals surface area contributed by atoms with Gasteiger partial charge in [-0.1, -0.05) is 24.3 Å². The molecule has 1 fully saturated rings. The van der Waals surface area contributed by atoms with Crippen molar-refractivity contribution in [3.63, 3.8) is 0 Å². The van der Waals surface area contributed by atoms with Crippen LogP contribution in [-0.2, 0) is 11.3 Å². The lowest BCUT2D eigenvalue weighted by Crippen LogP contribution is -2.22. The van der Waals surface area contributed by atoms with Crippen LogP contribution in [0.15, 0.2) is 43.0 Å². The van der Waals surface area contributed by atoms with Crippen LogP contribution < -0.4 is 5.32 Å². The van der Waals surface area contributed by atoms with Gasteiger partial charge in [-0.05, 0) is 25.1 Å². The summed E-state index contributed by atoms with van der Waals surface area (Å²) < 4.78 is 7.51. The fourth-order valence-corrected chi connectivity index (χ4v) is 2.65. The van der Waals surface area contributed by atoms with Gasteiger partial charge in [0.1, 0.15) is 11.8 Å². The number of carbonyl (C=O) groups is 1. The number of hydrogen-bond acceptors (Lipinski definition) is 3. The van der Waals surface area contributed by atoms with Crippen molar-refractivity contribution in [3.05, 3.63) is 48.7 Å². The van der Waals surface area contributed by atoms with Gasteiger partial charge in [-0.25, -0.2) is 4.79 Å². The average molecular weight is 270 g/mol. The van der Waals surface area contributed by atoms with Gasteiger partial charge >= 0.3 is 5.97 Å². The number of esters is 1. The molecule has 2 heterocycles. The average Bonchev–Trinajstić information content (AvgIpc) is 3.07. The number of benzene rings is 1. The third kappa shape index (κ3) is 2.34. The maximum atomic E-state index is 12.4. The standard InChI is InChI=1S/C16H18N2O2/c1-2-9-18-14-6-4-3-5-12(14)10-15(18)16(19)20-13-7-8-17-11-13/h2-6,10,13,17H,1,7-9,11H2. The van der Waals surface area contributed by atoms with E-state index < -0.39 is 0 Å². The number of hydrogen-bond donors (Lipinski definition) is 1. The molecule has 4 nitrogen and oxygen atoms in total. The lowest BCUT2D eigenvalue weighted by atomic mass is 10.2. The second-order valence-electron chi connectivity index (χ2n) is 5.01. The monoisotopic (exact) mass is 270 g/mol. The summed E-state index contributed by atoms with van der Waals surface area (Å²) in [5.41, 5.74) is 1.63. The van der Waals surface area contributed by atoms with Crippen LogP contribution in [-0.4, -0.2) is 29.7 Å². The van der Waals surface area contributed by atoms with Crippen LogP contribution in [0.2, 0.25) is 0 Å². The highest BCUT2D eigenvalue weighted by atomic mass is 16.5. The zero-order valence-corrected chi connectivity index (χ0v) is 11.3. The van der Waals surface area contributed by atoms with Crippen molar-refractivity contribution >= 4 is 16.9 Å². The molecule has 1 aliphatic heterocycles. The first-order valence-electron chi connectivity index (χ1n) is 6.90. The summed E-state index contributed by atoms with van der Waals surface area (Å²) in [5, 5.41) is 4.24. The van der Waals surface area contributed by atoms with Crippen LogP contribution in [0.3, 0.4) is 0 Å². The lowest BCUT2D eigenvalue weighted by Gasteiger charge is -2.12. The maximum absolute atomic E-state index is 12.4. The summed E-state index contributed by atoms with van der Waals surface area (Å²) in [5.74, 6) is -0.253. The summed E-state index contributed by atoms with van der Waals surface area (Å²) in [4.78, 5) is 12.4. The Hall–Kier alpha value is -2.07. The van der Waals surface area contributed by atoms with Gasteiger partial charge in [-0.15, -0.1) is 6.58 Å². The fourth-order valence-electron chi connectivity index (χ4n) is 2.65. The number of rotatable bonds is 4. The highest BCUT2D eigenvalue weighted by Crippen LogP contribution is 2.21. The normalized spacial score (nSPS) is 18.3. The molecule has 0 bridgehead atoms. The molecule has 0 spiro atoms. The SMILES string of the molecule is C=CCn1c(C(=O)OC2CCNC2)cc2ccccc21. The number of nitrogens with zero attached hydrogens (tertiary/aromatic N) is 1. The second-order valence-corrected chi connectivity index (χ2v) is 5.01. The molecule has 1 N–H and O–H groups in total. The van der Waals surface area contributed by atoms with E-state index in [4.69, 9.17) is 4.74 Å². The predicted octanol–water partition coefficient (Wildman–Crippen LogP) is 2.35. The molecule has 1 aromatic carbocycles. The van der Waals surface area contributed by atoms with Gasteiger partial charge in [-0.3, -0.25) is 0 Å².